The lowest BCUT2D eigenvalue weighted by Gasteiger charge is -2.04. The van der Waals surface area contributed by atoms with Gasteiger partial charge in [-0.15, -0.1) is 0 Å². The van der Waals surface area contributed by atoms with Gasteiger partial charge in [-0.2, -0.15) is 19.0 Å². The van der Waals surface area contributed by atoms with Crippen molar-refractivity contribution in [2.75, 3.05) is 0 Å². The fourth-order valence-electron chi connectivity index (χ4n) is 1.15. The number of fused-ring (bicyclic) bond motifs is 1. The van der Waals surface area contributed by atoms with Crippen molar-refractivity contribution in [2.45, 2.75) is 13.2 Å². The van der Waals surface area contributed by atoms with Crippen LogP contribution in [0.5, 0.6) is 5.75 Å². The van der Waals surface area contributed by atoms with E-state index in [0.29, 0.717) is 6.54 Å². The molecule has 1 aliphatic rings. The Morgan fingerprint density at radius 1 is 1.38 bits per heavy atom. The van der Waals surface area contributed by atoms with Gasteiger partial charge in [-0.05, 0) is 18.2 Å². The Morgan fingerprint density at radius 2 is 2.23 bits per heavy atom. The summed E-state index contributed by atoms with van der Waals surface area (Å²) in [5.74, 6) is 0.154. The van der Waals surface area contributed by atoms with Crippen LogP contribution in [0, 0.1) is 0 Å². The van der Waals surface area contributed by atoms with Crippen molar-refractivity contribution in [3.63, 3.8) is 0 Å². The summed E-state index contributed by atoms with van der Waals surface area (Å²) in [6, 6.07) is 4.60. The minimum atomic E-state index is -2.78. The molecule has 1 heterocycles. The van der Waals surface area contributed by atoms with Crippen molar-refractivity contribution < 1.29 is 13.5 Å². The van der Waals surface area contributed by atoms with Gasteiger partial charge in [0.15, 0.2) is 0 Å². The Morgan fingerprint density at radius 3 is 3.00 bits per heavy atom. The van der Waals surface area contributed by atoms with E-state index in [0.717, 1.165) is 11.3 Å². The number of azo groups is 1. The van der Waals surface area contributed by atoms with Gasteiger partial charge in [0.1, 0.15) is 5.75 Å². The number of nitrogens with zero attached hydrogens (tertiary/aromatic N) is 2. The second-order valence-electron chi connectivity index (χ2n) is 2.57. The third-order valence-electron chi connectivity index (χ3n) is 1.70. The predicted octanol–water partition coefficient (Wildman–Crippen LogP) is 2.89. The molecule has 1 aromatic carbocycles. The average Bonchev–Trinajstić information content (AvgIpc) is 2.49. The van der Waals surface area contributed by atoms with Gasteiger partial charge in [0, 0.05) is 5.56 Å². The molecular formula is C8H6F2N2O. The molecule has 3 nitrogen and oxygen atoms in total. The van der Waals surface area contributed by atoms with Crippen LogP contribution in [0.15, 0.2) is 28.4 Å². The Kier molecular flexibility index (Phi) is 1.92. The summed E-state index contributed by atoms with van der Waals surface area (Å²) >= 11 is 0. The first-order chi connectivity index (χ1) is 6.25. The molecule has 0 aromatic heterocycles. The van der Waals surface area contributed by atoms with E-state index in [1.807, 2.05) is 0 Å². The van der Waals surface area contributed by atoms with Crippen LogP contribution >= 0.6 is 0 Å². The van der Waals surface area contributed by atoms with Gasteiger partial charge in [-0.25, -0.2) is 0 Å². The van der Waals surface area contributed by atoms with Crippen LogP contribution in [0.2, 0.25) is 0 Å². The molecule has 0 atom stereocenters. The summed E-state index contributed by atoms with van der Waals surface area (Å²) < 4.78 is 27.8. The molecule has 0 saturated carbocycles. The Hall–Kier alpha value is -1.52. The first-order valence-electron chi connectivity index (χ1n) is 3.71. The average molecular weight is 184 g/mol. The summed E-state index contributed by atoms with van der Waals surface area (Å²) in [6.07, 6.45) is 0. The molecule has 0 saturated heterocycles. The molecule has 1 aliphatic heterocycles. The maximum Gasteiger partial charge on any atom is 0.387 e. The van der Waals surface area contributed by atoms with Gasteiger partial charge in [0.2, 0.25) is 0 Å². The minimum absolute atomic E-state index is 0.154. The number of ether oxygens (including phenoxy) is 1. The minimum Gasteiger partial charge on any atom is -0.435 e. The van der Waals surface area contributed by atoms with Crippen LogP contribution in [-0.2, 0) is 6.54 Å². The molecule has 0 spiro atoms. The SMILES string of the molecule is FC(F)Oc1ccc2c(c1)CN=N2. The van der Waals surface area contributed by atoms with E-state index in [9.17, 15) is 8.78 Å². The van der Waals surface area contributed by atoms with E-state index >= 15 is 0 Å². The third-order valence-corrected chi connectivity index (χ3v) is 1.70. The van der Waals surface area contributed by atoms with Crippen molar-refractivity contribution in [3.05, 3.63) is 23.8 Å². The van der Waals surface area contributed by atoms with Gasteiger partial charge < -0.3 is 4.74 Å². The summed E-state index contributed by atoms with van der Waals surface area (Å²) in [4.78, 5) is 0. The Balaban J connectivity index is 2.23. The largest absolute Gasteiger partial charge is 0.435 e. The molecule has 0 radical (unpaired) electrons. The zero-order chi connectivity index (χ0) is 9.26. The van der Waals surface area contributed by atoms with Crippen molar-refractivity contribution in [1.82, 2.24) is 0 Å². The summed E-state index contributed by atoms with van der Waals surface area (Å²) in [5, 5.41) is 7.55. The van der Waals surface area contributed by atoms with Gasteiger partial charge in [-0.1, -0.05) is 0 Å². The predicted molar refractivity (Wildman–Crippen MR) is 41.3 cm³/mol. The van der Waals surface area contributed by atoms with Gasteiger partial charge in [0.25, 0.3) is 0 Å². The van der Waals surface area contributed by atoms with Crippen LogP contribution in [0.3, 0.4) is 0 Å². The second-order valence-corrected chi connectivity index (χ2v) is 2.57. The van der Waals surface area contributed by atoms with Crippen LogP contribution in [-0.4, -0.2) is 6.61 Å². The molecule has 1 aromatic rings. The number of rotatable bonds is 2. The fourth-order valence-corrected chi connectivity index (χ4v) is 1.15. The number of hydrogen-bond donors (Lipinski definition) is 0. The topological polar surface area (TPSA) is 34.0 Å². The molecule has 13 heavy (non-hydrogen) atoms. The Labute approximate surface area is 73.0 Å². The van der Waals surface area contributed by atoms with E-state index in [1.54, 1.807) is 6.07 Å². The van der Waals surface area contributed by atoms with Crippen LogP contribution in [0.4, 0.5) is 14.5 Å². The normalized spacial score (nSPS) is 13.5. The van der Waals surface area contributed by atoms with Gasteiger partial charge >= 0.3 is 6.61 Å². The molecule has 0 amide bonds. The van der Waals surface area contributed by atoms with E-state index in [4.69, 9.17) is 0 Å². The molecule has 0 unspecified atom stereocenters. The molecule has 2 rings (SSSR count). The van der Waals surface area contributed by atoms with Crippen LogP contribution in [0.25, 0.3) is 0 Å². The highest BCUT2D eigenvalue weighted by Crippen LogP contribution is 2.30. The molecule has 68 valence electrons. The van der Waals surface area contributed by atoms with Gasteiger partial charge in [-0.3, -0.25) is 0 Å². The number of alkyl halides is 2. The highest BCUT2D eigenvalue weighted by atomic mass is 19.3. The standard InChI is InChI=1S/C8H6F2N2O/c9-8(10)13-6-1-2-7-5(3-6)4-11-12-7/h1-3,8H,4H2. The maximum absolute atomic E-state index is 11.8. The molecule has 0 bridgehead atoms. The number of benzene rings is 1. The lowest BCUT2D eigenvalue weighted by molar-refractivity contribution is -0.0498. The number of hydrogen-bond acceptors (Lipinski definition) is 3. The van der Waals surface area contributed by atoms with Gasteiger partial charge in [0.05, 0.1) is 12.2 Å². The zero-order valence-electron chi connectivity index (χ0n) is 6.58. The highest BCUT2D eigenvalue weighted by molar-refractivity contribution is 5.51. The van der Waals surface area contributed by atoms with Crippen molar-refractivity contribution in [2.24, 2.45) is 10.2 Å². The lowest BCUT2D eigenvalue weighted by Crippen LogP contribution is -2.01. The fraction of sp³-hybridized carbons (Fsp3) is 0.250. The third kappa shape index (κ3) is 1.63. The summed E-state index contributed by atoms with van der Waals surface area (Å²) in [7, 11) is 0. The quantitative estimate of drug-likeness (QED) is 0.695. The van der Waals surface area contributed by atoms with E-state index in [1.165, 1.54) is 12.1 Å². The van der Waals surface area contributed by atoms with E-state index < -0.39 is 6.61 Å². The van der Waals surface area contributed by atoms with Crippen molar-refractivity contribution >= 4 is 5.69 Å². The van der Waals surface area contributed by atoms with E-state index in [2.05, 4.69) is 15.0 Å². The van der Waals surface area contributed by atoms with Crippen molar-refractivity contribution in [3.8, 4) is 5.75 Å². The monoisotopic (exact) mass is 184 g/mol. The first-order valence-corrected chi connectivity index (χ1v) is 3.71. The first kappa shape index (κ1) is 8.10. The molecule has 5 heteroatoms. The van der Waals surface area contributed by atoms with Crippen molar-refractivity contribution in [1.29, 1.82) is 0 Å². The lowest BCUT2D eigenvalue weighted by atomic mass is 10.2. The molecule has 0 fully saturated rings. The maximum atomic E-state index is 11.8. The summed E-state index contributed by atoms with van der Waals surface area (Å²) in [5.41, 5.74) is 1.54. The van der Waals surface area contributed by atoms with Crippen LogP contribution in [0.1, 0.15) is 5.56 Å². The molecular weight excluding hydrogens is 178 g/mol. The smallest absolute Gasteiger partial charge is 0.387 e. The Bertz CT molecular complexity index is 352. The number of halogens is 2. The van der Waals surface area contributed by atoms with E-state index in [-0.39, 0.29) is 5.75 Å². The highest BCUT2D eigenvalue weighted by Gasteiger charge is 2.10. The molecule has 0 aliphatic carbocycles. The van der Waals surface area contributed by atoms with Crippen LogP contribution < -0.4 is 4.74 Å². The zero-order valence-corrected chi connectivity index (χ0v) is 6.58. The summed E-state index contributed by atoms with van der Waals surface area (Å²) in [6.45, 7) is -2.34. The second kappa shape index (κ2) is 3.08. The molecule has 0 N–H and O–H groups in total.